The number of carbonyl (C=O) groups excluding carboxylic acids is 1. The Morgan fingerprint density at radius 1 is 1.43 bits per heavy atom. The number of rotatable bonds is 6. The Morgan fingerprint density at radius 2 is 2.00 bits per heavy atom. The van der Waals surface area contributed by atoms with Gasteiger partial charge in [-0.05, 0) is 7.05 Å². The van der Waals surface area contributed by atoms with E-state index in [-0.39, 0.29) is 11.9 Å². The van der Waals surface area contributed by atoms with Crippen molar-refractivity contribution in [2.45, 2.75) is 6.04 Å². The first-order valence-electron chi connectivity index (χ1n) is 4.60. The molecule has 0 aromatic heterocycles. The largest absolute Gasteiger partial charge is 0.383 e. The van der Waals surface area contributed by atoms with Gasteiger partial charge < -0.3 is 15.4 Å². The van der Waals surface area contributed by atoms with Crippen molar-refractivity contribution >= 4 is 5.91 Å². The normalized spacial score (nSPS) is 13.0. The number of hydrogen-bond acceptors (Lipinski definition) is 4. The third kappa shape index (κ3) is 5.90. The standard InChI is InChI=1S/C9H21N3O2/c1-11(2)9(13)6-12(3)5-8(10)7-14-4/h8H,5-7,10H2,1-4H3. The molecule has 0 spiro atoms. The van der Waals surface area contributed by atoms with Gasteiger partial charge in [-0.2, -0.15) is 0 Å². The number of amides is 1. The minimum atomic E-state index is -0.0417. The summed E-state index contributed by atoms with van der Waals surface area (Å²) in [5.41, 5.74) is 5.75. The molecule has 84 valence electrons. The molecule has 0 aromatic carbocycles. The molecule has 0 radical (unpaired) electrons. The number of nitrogens with zero attached hydrogens (tertiary/aromatic N) is 2. The van der Waals surface area contributed by atoms with Crippen LogP contribution < -0.4 is 5.73 Å². The quantitative estimate of drug-likeness (QED) is 0.600. The van der Waals surface area contributed by atoms with Crippen LogP contribution in [0.2, 0.25) is 0 Å². The van der Waals surface area contributed by atoms with Gasteiger partial charge in [0.25, 0.3) is 0 Å². The van der Waals surface area contributed by atoms with E-state index in [0.29, 0.717) is 19.7 Å². The minimum absolute atomic E-state index is 0.0417. The van der Waals surface area contributed by atoms with Crippen molar-refractivity contribution in [1.82, 2.24) is 9.80 Å². The molecule has 0 rings (SSSR count). The Balaban J connectivity index is 3.74. The molecule has 0 saturated carbocycles. The van der Waals surface area contributed by atoms with Crippen LogP contribution in [0.15, 0.2) is 0 Å². The van der Waals surface area contributed by atoms with Crippen LogP contribution in [0.4, 0.5) is 0 Å². The number of nitrogens with two attached hydrogens (primary N) is 1. The minimum Gasteiger partial charge on any atom is -0.383 e. The third-order valence-corrected chi connectivity index (χ3v) is 1.83. The topological polar surface area (TPSA) is 58.8 Å². The summed E-state index contributed by atoms with van der Waals surface area (Å²) in [6.07, 6.45) is 0. The molecule has 0 saturated heterocycles. The molecule has 1 unspecified atom stereocenters. The van der Waals surface area contributed by atoms with Gasteiger partial charge in [-0.3, -0.25) is 9.69 Å². The summed E-state index contributed by atoms with van der Waals surface area (Å²) in [4.78, 5) is 14.8. The summed E-state index contributed by atoms with van der Waals surface area (Å²) >= 11 is 0. The zero-order chi connectivity index (χ0) is 11.1. The van der Waals surface area contributed by atoms with Gasteiger partial charge in [0.05, 0.1) is 13.2 Å². The average Bonchev–Trinajstić information content (AvgIpc) is 2.03. The second kappa shape index (κ2) is 6.75. The lowest BCUT2D eigenvalue weighted by atomic mass is 10.3. The molecule has 0 aromatic rings. The van der Waals surface area contributed by atoms with E-state index >= 15 is 0 Å². The highest BCUT2D eigenvalue weighted by molar-refractivity contribution is 5.77. The first-order chi connectivity index (χ1) is 6.47. The lowest BCUT2D eigenvalue weighted by molar-refractivity contribution is -0.129. The predicted molar refractivity (Wildman–Crippen MR) is 56.0 cm³/mol. The van der Waals surface area contributed by atoms with Gasteiger partial charge in [0.15, 0.2) is 0 Å². The average molecular weight is 203 g/mol. The molecular weight excluding hydrogens is 182 g/mol. The fourth-order valence-corrected chi connectivity index (χ4v) is 1.10. The molecule has 0 fully saturated rings. The SMILES string of the molecule is COCC(N)CN(C)CC(=O)N(C)C. The molecule has 0 aliphatic carbocycles. The summed E-state index contributed by atoms with van der Waals surface area (Å²) in [7, 11) is 6.97. The van der Waals surface area contributed by atoms with E-state index in [4.69, 9.17) is 10.5 Å². The van der Waals surface area contributed by atoms with Crippen LogP contribution in [0, 0.1) is 0 Å². The van der Waals surface area contributed by atoms with E-state index in [0.717, 1.165) is 0 Å². The number of ether oxygens (including phenoxy) is 1. The van der Waals surface area contributed by atoms with Crippen molar-refractivity contribution in [3.05, 3.63) is 0 Å². The Hall–Kier alpha value is -0.650. The van der Waals surface area contributed by atoms with Gasteiger partial charge in [-0.1, -0.05) is 0 Å². The lowest BCUT2D eigenvalue weighted by Crippen LogP contribution is -2.42. The fourth-order valence-electron chi connectivity index (χ4n) is 1.10. The zero-order valence-corrected chi connectivity index (χ0v) is 9.49. The van der Waals surface area contributed by atoms with Crippen LogP contribution in [0.3, 0.4) is 0 Å². The lowest BCUT2D eigenvalue weighted by Gasteiger charge is -2.21. The maximum atomic E-state index is 11.3. The molecule has 0 bridgehead atoms. The van der Waals surface area contributed by atoms with Crippen LogP contribution in [0.1, 0.15) is 0 Å². The molecule has 2 N–H and O–H groups in total. The number of carbonyl (C=O) groups is 1. The fraction of sp³-hybridized carbons (Fsp3) is 0.889. The maximum Gasteiger partial charge on any atom is 0.236 e. The van der Waals surface area contributed by atoms with E-state index in [1.807, 2.05) is 11.9 Å². The summed E-state index contributed by atoms with van der Waals surface area (Å²) in [6.45, 7) is 1.57. The third-order valence-electron chi connectivity index (χ3n) is 1.83. The van der Waals surface area contributed by atoms with Crippen molar-refractivity contribution < 1.29 is 9.53 Å². The second-order valence-corrected chi connectivity index (χ2v) is 3.70. The van der Waals surface area contributed by atoms with Gasteiger partial charge >= 0.3 is 0 Å². The number of hydrogen-bond donors (Lipinski definition) is 1. The first kappa shape index (κ1) is 13.4. The number of likely N-dealkylation sites (N-methyl/N-ethyl adjacent to an activating group) is 2. The maximum absolute atomic E-state index is 11.3. The van der Waals surface area contributed by atoms with Gasteiger partial charge in [0, 0.05) is 33.8 Å². The molecule has 0 aliphatic rings. The summed E-state index contributed by atoms with van der Waals surface area (Å²) < 4.78 is 4.91. The van der Waals surface area contributed by atoms with Crippen LogP contribution >= 0.6 is 0 Å². The van der Waals surface area contributed by atoms with Gasteiger partial charge in [0.2, 0.25) is 5.91 Å². The predicted octanol–water partition coefficient (Wildman–Crippen LogP) is -1.02. The molecule has 5 nitrogen and oxygen atoms in total. The molecule has 5 heteroatoms. The number of methoxy groups -OCH3 is 1. The van der Waals surface area contributed by atoms with Gasteiger partial charge in [-0.25, -0.2) is 0 Å². The van der Waals surface area contributed by atoms with Crippen molar-refractivity contribution in [3.63, 3.8) is 0 Å². The van der Waals surface area contributed by atoms with Gasteiger partial charge in [-0.15, -0.1) is 0 Å². The summed E-state index contributed by atoms with van der Waals surface area (Å²) in [5, 5.41) is 0. The van der Waals surface area contributed by atoms with Crippen molar-refractivity contribution in [2.75, 3.05) is 47.9 Å². The van der Waals surface area contributed by atoms with E-state index < -0.39 is 0 Å². The van der Waals surface area contributed by atoms with Crippen molar-refractivity contribution in [3.8, 4) is 0 Å². The molecule has 0 aliphatic heterocycles. The van der Waals surface area contributed by atoms with Crippen LogP contribution in [0.5, 0.6) is 0 Å². The molecule has 0 heterocycles. The van der Waals surface area contributed by atoms with Crippen LogP contribution in [0.25, 0.3) is 0 Å². The van der Waals surface area contributed by atoms with E-state index in [1.165, 1.54) is 0 Å². The van der Waals surface area contributed by atoms with E-state index in [9.17, 15) is 4.79 Å². The first-order valence-corrected chi connectivity index (χ1v) is 4.60. The summed E-state index contributed by atoms with van der Waals surface area (Å²) in [5.74, 6) is 0.0807. The highest BCUT2D eigenvalue weighted by atomic mass is 16.5. The highest BCUT2D eigenvalue weighted by Gasteiger charge is 2.11. The summed E-state index contributed by atoms with van der Waals surface area (Å²) in [6, 6.07) is -0.0417. The van der Waals surface area contributed by atoms with Crippen molar-refractivity contribution in [1.29, 1.82) is 0 Å². The molecular formula is C9H21N3O2. The van der Waals surface area contributed by atoms with Crippen molar-refractivity contribution in [2.24, 2.45) is 5.73 Å². The smallest absolute Gasteiger partial charge is 0.236 e. The molecule has 1 atom stereocenters. The van der Waals surface area contributed by atoms with E-state index in [1.54, 1.807) is 26.1 Å². The molecule has 14 heavy (non-hydrogen) atoms. The van der Waals surface area contributed by atoms with Crippen LogP contribution in [-0.4, -0.2) is 69.7 Å². The van der Waals surface area contributed by atoms with E-state index in [2.05, 4.69) is 0 Å². The van der Waals surface area contributed by atoms with Gasteiger partial charge in [0.1, 0.15) is 0 Å². The second-order valence-electron chi connectivity index (χ2n) is 3.70. The Morgan fingerprint density at radius 3 is 2.43 bits per heavy atom. The zero-order valence-electron chi connectivity index (χ0n) is 9.49. The van der Waals surface area contributed by atoms with Crippen LogP contribution in [-0.2, 0) is 9.53 Å². The Kier molecular flexibility index (Phi) is 6.44. The monoisotopic (exact) mass is 203 g/mol. The Labute approximate surface area is 85.8 Å². The Bertz CT molecular complexity index is 173. The highest BCUT2D eigenvalue weighted by Crippen LogP contribution is 1.89. The molecule has 1 amide bonds.